The zero-order valence-electron chi connectivity index (χ0n) is 14.4. The van der Waals surface area contributed by atoms with Crippen molar-refractivity contribution in [2.45, 2.75) is 19.5 Å². The van der Waals surface area contributed by atoms with Crippen LogP contribution in [0, 0.1) is 0 Å². The summed E-state index contributed by atoms with van der Waals surface area (Å²) in [5, 5.41) is 2.57. The molecule has 0 fully saturated rings. The molecule has 5 nitrogen and oxygen atoms in total. The first kappa shape index (κ1) is 16.9. The lowest BCUT2D eigenvalue weighted by Gasteiger charge is -2.19. The van der Waals surface area contributed by atoms with Crippen LogP contribution in [-0.4, -0.2) is 37.7 Å². The summed E-state index contributed by atoms with van der Waals surface area (Å²) in [4.78, 5) is 29.5. The molecule has 1 aliphatic rings. The molecule has 128 valence electrons. The number of benzene rings is 2. The minimum atomic E-state index is -0.907. The zero-order valence-corrected chi connectivity index (χ0v) is 14.4. The van der Waals surface area contributed by atoms with Gasteiger partial charge in [-0.3, -0.25) is 14.6 Å². The van der Waals surface area contributed by atoms with Crippen LogP contribution in [0.3, 0.4) is 0 Å². The third-order valence-electron chi connectivity index (χ3n) is 4.27. The molecule has 0 spiro atoms. The SMILES string of the molecule is CC(=O)NC(C=O)/N=C(/c1ccccc1)c1cccc2c1N(C)CC2. The Hall–Kier alpha value is -2.95. The molecule has 2 aromatic carbocycles. The van der Waals surface area contributed by atoms with E-state index in [1.807, 2.05) is 42.5 Å². The second-order valence-corrected chi connectivity index (χ2v) is 6.11. The maximum Gasteiger partial charge on any atom is 0.218 e. The number of carbonyl (C=O) groups is 2. The topological polar surface area (TPSA) is 61.8 Å². The van der Waals surface area contributed by atoms with E-state index in [0.717, 1.165) is 29.8 Å². The maximum atomic E-state index is 11.4. The predicted molar refractivity (Wildman–Crippen MR) is 99.2 cm³/mol. The van der Waals surface area contributed by atoms with Gasteiger partial charge in [-0.1, -0.05) is 48.5 Å². The molecule has 1 atom stereocenters. The molecule has 25 heavy (non-hydrogen) atoms. The number of aldehydes is 1. The average molecular weight is 335 g/mol. The fraction of sp³-hybridized carbons (Fsp3) is 0.250. The summed E-state index contributed by atoms with van der Waals surface area (Å²) in [6.07, 6.45) is 0.733. The monoisotopic (exact) mass is 335 g/mol. The number of likely N-dealkylation sites (N-methyl/N-ethyl adjacent to an activating group) is 1. The van der Waals surface area contributed by atoms with E-state index in [1.54, 1.807) is 0 Å². The van der Waals surface area contributed by atoms with Gasteiger partial charge in [-0.05, 0) is 12.0 Å². The number of aliphatic imine (C=N–C) groups is 1. The number of rotatable bonds is 5. The van der Waals surface area contributed by atoms with Crippen molar-refractivity contribution in [1.29, 1.82) is 0 Å². The van der Waals surface area contributed by atoms with Crippen molar-refractivity contribution in [2.75, 3.05) is 18.5 Å². The zero-order chi connectivity index (χ0) is 17.8. The fourth-order valence-electron chi connectivity index (χ4n) is 3.17. The summed E-state index contributed by atoms with van der Waals surface area (Å²) in [5.74, 6) is -0.288. The van der Waals surface area contributed by atoms with Crippen LogP contribution >= 0.6 is 0 Å². The van der Waals surface area contributed by atoms with Crippen LogP contribution in [-0.2, 0) is 16.0 Å². The molecule has 0 bridgehead atoms. The van der Waals surface area contributed by atoms with Gasteiger partial charge in [0.25, 0.3) is 0 Å². The van der Waals surface area contributed by atoms with Crippen LogP contribution in [0.25, 0.3) is 0 Å². The maximum absolute atomic E-state index is 11.4. The molecule has 3 rings (SSSR count). The molecule has 0 aromatic heterocycles. The van der Waals surface area contributed by atoms with Gasteiger partial charge in [0.1, 0.15) is 0 Å². The third-order valence-corrected chi connectivity index (χ3v) is 4.27. The molecule has 1 heterocycles. The molecule has 2 aromatic rings. The fourth-order valence-corrected chi connectivity index (χ4v) is 3.17. The van der Waals surface area contributed by atoms with Crippen LogP contribution < -0.4 is 10.2 Å². The summed E-state index contributed by atoms with van der Waals surface area (Å²) in [6.45, 7) is 2.33. The predicted octanol–water partition coefficient (Wildman–Crippen LogP) is 2.18. The second kappa shape index (κ2) is 7.30. The minimum absolute atomic E-state index is 0.288. The van der Waals surface area contributed by atoms with Crippen LogP contribution in [0.15, 0.2) is 53.5 Å². The molecule has 0 aliphatic carbocycles. The molecule has 0 radical (unpaired) electrons. The molecule has 0 saturated carbocycles. The first-order valence-corrected chi connectivity index (χ1v) is 8.29. The van der Waals surface area contributed by atoms with E-state index in [2.05, 4.69) is 28.3 Å². The largest absolute Gasteiger partial charge is 0.373 e. The Morgan fingerprint density at radius 1 is 1.20 bits per heavy atom. The van der Waals surface area contributed by atoms with Gasteiger partial charge in [-0.2, -0.15) is 0 Å². The van der Waals surface area contributed by atoms with Crippen LogP contribution in [0.5, 0.6) is 0 Å². The van der Waals surface area contributed by atoms with Crippen molar-refractivity contribution in [3.8, 4) is 0 Å². The van der Waals surface area contributed by atoms with E-state index in [9.17, 15) is 9.59 Å². The molecular formula is C20H21N3O2. The Morgan fingerprint density at radius 3 is 2.64 bits per heavy atom. The Bertz CT molecular complexity index is 815. The Kier molecular flexibility index (Phi) is 4.93. The molecule has 1 amide bonds. The highest BCUT2D eigenvalue weighted by Gasteiger charge is 2.23. The number of para-hydroxylation sites is 1. The highest BCUT2D eigenvalue weighted by molar-refractivity contribution is 6.17. The normalized spacial score (nSPS) is 14.8. The molecular weight excluding hydrogens is 314 g/mol. The highest BCUT2D eigenvalue weighted by Crippen LogP contribution is 2.32. The number of fused-ring (bicyclic) bond motifs is 1. The number of hydrogen-bond donors (Lipinski definition) is 1. The lowest BCUT2D eigenvalue weighted by atomic mass is 9.98. The van der Waals surface area contributed by atoms with Crippen LogP contribution in [0.1, 0.15) is 23.6 Å². The number of carbonyl (C=O) groups excluding carboxylic acids is 2. The summed E-state index contributed by atoms with van der Waals surface area (Å²) >= 11 is 0. The van der Waals surface area contributed by atoms with Gasteiger partial charge in [0, 0.05) is 37.3 Å². The van der Waals surface area contributed by atoms with E-state index in [1.165, 1.54) is 12.5 Å². The minimum Gasteiger partial charge on any atom is -0.373 e. The molecule has 1 aliphatic heterocycles. The average Bonchev–Trinajstić information content (AvgIpc) is 3.00. The van der Waals surface area contributed by atoms with Crippen molar-refractivity contribution in [1.82, 2.24) is 5.32 Å². The number of hydrogen-bond acceptors (Lipinski definition) is 4. The number of nitrogens with zero attached hydrogens (tertiary/aromatic N) is 2. The van der Waals surface area contributed by atoms with E-state index >= 15 is 0 Å². The quantitative estimate of drug-likeness (QED) is 0.673. The highest BCUT2D eigenvalue weighted by atomic mass is 16.2. The number of amides is 1. The van der Waals surface area contributed by atoms with Gasteiger partial charge in [-0.15, -0.1) is 0 Å². The second-order valence-electron chi connectivity index (χ2n) is 6.11. The number of nitrogens with one attached hydrogen (secondary N) is 1. The summed E-state index contributed by atoms with van der Waals surface area (Å²) < 4.78 is 0. The van der Waals surface area contributed by atoms with Crippen LogP contribution in [0.4, 0.5) is 5.69 Å². The molecule has 1 unspecified atom stereocenters. The summed E-state index contributed by atoms with van der Waals surface area (Å²) in [5.41, 5.74) is 5.00. The van der Waals surface area contributed by atoms with E-state index in [4.69, 9.17) is 0 Å². The van der Waals surface area contributed by atoms with Crippen molar-refractivity contribution >= 4 is 23.6 Å². The summed E-state index contributed by atoms with van der Waals surface area (Å²) in [6, 6.07) is 15.9. The molecule has 0 saturated heterocycles. The smallest absolute Gasteiger partial charge is 0.218 e. The van der Waals surface area contributed by atoms with Gasteiger partial charge in [0.05, 0.1) is 5.71 Å². The van der Waals surface area contributed by atoms with Crippen molar-refractivity contribution in [2.24, 2.45) is 4.99 Å². The Labute approximate surface area is 147 Å². The van der Waals surface area contributed by atoms with Gasteiger partial charge in [0.2, 0.25) is 5.91 Å². The van der Waals surface area contributed by atoms with Crippen molar-refractivity contribution in [3.63, 3.8) is 0 Å². The first-order chi connectivity index (χ1) is 12.1. The van der Waals surface area contributed by atoms with Crippen molar-refractivity contribution in [3.05, 3.63) is 65.2 Å². The Balaban J connectivity index is 2.15. The van der Waals surface area contributed by atoms with E-state index in [0.29, 0.717) is 12.0 Å². The van der Waals surface area contributed by atoms with Gasteiger partial charge >= 0.3 is 0 Å². The van der Waals surface area contributed by atoms with Crippen LogP contribution in [0.2, 0.25) is 0 Å². The standard InChI is InChI=1S/C20H21N3O2/c1-14(25)21-18(13-24)22-19(15-7-4-3-5-8-15)17-10-6-9-16-11-12-23(2)20(16)17/h3-10,13,18H,11-12H2,1-2H3,(H,21,25)/b22-19-. The summed E-state index contributed by atoms with van der Waals surface area (Å²) in [7, 11) is 2.06. The Morgan fingerprint density at radius 2 is 1.96 bits per heavy atom. The van der Waals surface area contributed by atoms with E-state index in [-0.39, 0.29) is 5.91 Å². The first-order valence-electron chi connectivity index (χ1n) is 8.29. The van der Waals surface area contributed by atoms with Gasteiger partial charge in [-0.25, -0.2) is 0 Å². The number of anilines is 1. The van der Waals surface area contributed by atoms with Gasteiger partial charge in [0.15, 0.2) is 12.5 Å². The van der Waals surface area contributed by atoms with Gasteiger partial charge < -0.3 is 10.2 Å². The lowest BCUT2D eigenvalue weighted by Crippen LogP contribution is -2.34. The molecule has 5 heteroatoms. The van der Waals surface area contributed by atoms with Crippen molar-refractivity contribution < 1.29 is 9.59 Å². The lowest BCUT2D eigenvalue weighted by molar-refractivity contribution is -0.122. The third kappa shape index (κ3) is 3.60. The molecule has 1 N–H and O–H groups in total. The van der Waals surface area contributed by atoms with E-state index < -0.39 is 6.17 Å².